The van der Waals surface area contributed by atoms with Gasteiger partial charge < -0.3 is 14.8 Å². The molecular weight excluding hydrogens is 226 g/mol. The number of benzene rings is 1. The molecule has 1 fully saturated rings. The molecule has 1 aliphatic rings. The van der Waals surface area contributed by atoms with Gasteiger partial charge in [-0.2, -0.15) is 0 Å². The average molecular weight is 249 g/mol. The van der Waals surface area contributed by atoms with Gasteiger partial charge in [-0.05, 0) is 50.9 Å². The minimum Gasteiger partial charge on any atom is -0.497 e. The Morgan fingerprint density at radius 1 is 1.28 bits per heavy atom. The Morgan fingerprint density at radius 2 is 2.00 bits per heavy atom. The molecule has 1 N–H and O–H groups in total. The third kappa shape index (κ3) is 2.68. The molecule has 100 valence electrons. The monoisotopic (exact) mass is 249 g/mol. The first-order chi connectivity index (χ1) is 8.69. The maximum atomic E-state index is 6.04. The van der Waals surface area contributed by atoms with Crippen LogP contribution in [0.5, 0.6) is 5.75 Å². The Morgan fingerprint density at radius 3 is 2.50 bits per heavy atom. The summed E-state index contributed by atoms with van der Waals surface area (Å²) in [5.74, 6) is 0.892. The van der Waals surface area contributed by atoms with Gasteiger partial charge >= 0.3 is 0 Å². The van der Waals surface area contributed by atoms with Crippen LogP contribution in [-0.4, -0.2) is 26.4 Å². The van der Waals surface area contributed by atoms with Crippen molar-refractivity contribution in [2.75, 3.05) is 20.8 Å². The van der Waals surface area contributed by atoms with E-state index in [1.54, 1.807) is 7.11 Å². The summed E-state index contributed by atoms with van der Waals surface area (Å²) in [5, 5.41) is 3.40. The first-order valence-corrected chi connectivity index (χ1v) is 6.65. The van der Waals surface area contributed by atoms with Gasteiger partial charge in [0.25, 0.3) is 0 Å². The van der Waals surface area contributed by atoms with Crippen molar-refractivity contribution in [1.29, 1.82) is 0 Å². The summed E-state index contributed by atoms with van der Waals surface area (Å²) in [6.45, 7) is 3.07. The number of rotatable bonds is 4. The summed E-state index contributed by atoms with van der Waals surface area (Å²) < 4.78 is 11.2. The lowest BCUT2D eigenvalue weighted by Crippen LogP contribution is -2.44. The van der Waals surface area contributed by atoms with E-state index in [4.69, 9.17) is 9.47 Å². The fourth-order valence-electron chi connectivity index (χ4n) is 2.80. The fraction of sp³-hybridized carbons (Fsp3) is 0.600. The van der Waals surface area contributed by atoms with E-state index in [-0.39, 0.29) is 11.6 Å². The van der Waals surface area contributed by atoms with E-state index in [1.807, 2.05) is 19.2 Å². The second-order valence-electron chi connectivity index (χ2n) is 5.11. The number of likely N-dealkylation sites (N-methyl/N-ethyl adjacent to an activating group) is 1. The SMILES string of the molecule is CNC(c1ccc(OC)cc1)C1(C)CCCCO1. The molecule has 18 heavy (non-hydrogen) atoms. The minimum atomic E-state index is -0.110. The summed E-state index contributed by atoms with van der Waals surface area (Å²) in [6, 6.07) is 8.47. The second kappa shape index (κ2) is 5.72. The summed E-state index contributed by atoms with van der Waals surface area (Å²) in [4.78, 5) is 0. The third-order valence-corrected chi connectivity index (χ3v) is 3.85. The largest absolute Gasteiger partial charge is 0.497 e. The fourth-order valence-corrected chi connectivity index (χ4v) is 2.80. The second-order valence-corrected chi connectivity index (χ2v) is 5.11. The van der Waals surface area contributed by atoms with Crippen LogP contribution in [0.2, 0.25) is 0 Å². The summed E-state index contributed by atoms with van der Waals surface area (Å²) in [7, 11) is 3.69. The van der Waals surface area contributed by atoms with E-state index < -0.39 is 0 Å². The van der Waals surface area contributed by atoms with Crippen LogP contribution in [0.4, 0.5) is 0 Å². The average Bonchev–Trinajstić information content (AvgIpc) is 2.41. The lowest BCUT2D eigenvalue weighted by molar-refractivity contribution is -0.0884. The van der Waals surface area contributed by atoms with Crippen molar-refractivity contribution in [3.8, 4) is 5.75 Å². The van der Waals surface area contributed by atoms with Crippen LogP contribution < -0.4 is 10.1 Å². The van der Waals surface area contributed by atoms with Gasteiger partial charge in [-0.3, -0.25) is 0 Å². The van der Waals surface area contributed by atoms with Crippen LogP contribution >= 0.6 is 0 Å². The predicted octanol–water partition coefficient (Wildman–Crippen LogP) is 2.91. The van der Waals surface area contributed by atoms with Crippen molar-refractivity contribution >= 4 is 0 Å². The standard InChI is InChI=1S/C15H23NO2/c1-15(10-4-5-11-18-15)14(16-2)12-6-8-13(17-3)9-7-12/h6-9,14,16H,4-5,10-11H2,1-3H3. The van der Waals surface area contributed by atoms with Crippen molar-refractivity contribution in [1.82, 2.24) is 5.32 Å². The zero-order chi connectivity index (χ0) is 13.0. The summed E-state index contributed by atoms with van der Waals surface area (Å²) in [5.41, 5.74) is 1.14. The molecule has 0 aliphatic carbocycles. The van der Waals surface area contributed by atoms with Crippen LogP contribution in [0.15, 0.2) is 24.3 Å². The number of hydrogen-bond donors (Lipinski definition) is 1. The molecule has 3 heteroatoms. The van der Waals surface area contributed by atoms with E-state index in [1.165, 1.54) is 18.4 Å². The highest BCUT2D eigenvalue weighted by atomic mass is 16.5. The van der Waals surface area contributed by atoms with Crippen LogP contribution in [0.25, 0.3) is 0 Å². The van der Waals surface area contributed by atoms with Crippen LogP contribution in [0.1, 0.15) is 37.8 Å². The molecular formula is C15H23NO2. The quantitative estimate of drug-likeness (QED) is 0.890. The van der Waals surface area contributed by atoms with Gasteiger partial charge in [0.15, 0.2) is 0 Å². The van der Waals surface area contributed by atoms with Gasteiger partial charge in [-0.15, -0.1) is 0 Å². The Balaban J connectivity index is 2.20. The molecule has 3 nitrogen and oxygen atoms in total. The van der Waals surface area contributed by atoms with Crippen LogP contribution in [0.3, 0.4) is 0 Å². The molecule has 1 saturated heterocycles. The van der Waals surface area contributed by atoms with E-state index in [9.17, 15) is 0 Å². The van der Waals surface area contributed by atoms with Crippen molar-refractivity contribution in [2.24, 2.45) is 0 Å². The Kier molecular flexibility index (Phi) is 4.25. The predicted molar refractivity (Wildman–Crippen MR) is 73.0 cm³/mol. The topological polar surface area (TPSA) is 30.5 Å². The van der Waals surface area contributed by atoms with Gasteiger partial charge in [-0.25, -0.2) is 0 Å². The van der Waals surface area contributed by atoms with Gasteiger partial charge in [0.1, 0.15) is 5.75 Å². The molecule has 1 aromatic carbocycles. The van der Waals surface area contributed by atoms with E-state index in [0.717, 1.165) is 18.8 Å². The number of ether oxygens (including phenoxy) is 2. The van der Waals surface area contributed by atoms with E-state index in [0.29, 0.717) is 0 Å². The van der Waals surface area contributed by atoms with E-state index >= 15 is 0 Å². The smallest absolute Gasteiger partial charge is 0.118 e. The Labute approximate surface area is 109 Å². The Hall–Kier alpha value is -1.06. The maximum absolute atomic E-state index is 6.04. The number of hydrogen-bond acceptors (Lipinski definition) is 3. The van der Waals surface area contributed by atoms with Crippen molar-refractivity contribution < 1.29 is 9.47 Å². The van der Waals surface area contributed by atoms with Gasteiger partial charge in [0, 0.05) is 6.61 Å². The molecule has 0 aromatic heterocycles. The highest BCUT2D eigenvalue weighted by molar-refractivity contribution is 5.30. The highest BCUT2D eigenvalue weighted by Crippen LogP contribution is 2.36. The molecule has 0 radical (unpaired) electrons. The Bertz CT molecular complexity index is 369. The molecule has 2 unspecified atom stereocenters. The lowest BCUT2D eigenvalue weighted by atomic mass is 9.84. The first-order valence-electron chi connectivity index (χ1n) is 6.65. The highest BCUT2D eigenvalue weighted by Gasteiger charge is 2.36. The van der Waals surface area contributed by atoms with Crippen molar-refractivity contribution in [2.45, 2.75) is 37.8 Å². The molecule has 1 heterocycles. The summed E-state index contributed by atoms with van der Waals surface area (Å²) >= 11 is 0. The normalized spacial score (nSPS) is 25.7. The first kappa shape index (κ1) is 13.4. The zero-order valence-corrected chi connectivity index (χ0v) is 11.5. The molecule has 1 aliphatic heterocycles. The van der Waals surface area contributed by atoms with Gasteiger partial charge in [0.05, 0.1) is 18.8 Å². The van der Waals surface area contributed by atoms with Crippen LogP contribution in [0, 0.1) is 0 Å². The zero-order valence-electron chi connectivity index (χ0n) is 11.5. The molecule has 0 bridgehead atoms. The molecule has 2 atom stereocenters. The molecule has 2 rings (SSSR count). The molecule has 1 aromatic rings. The van der Waals surface area contributed by atoms with Gasteiger partial charge in [-0.1, -0.05) is 12.1 Å². The summed E-state index contributed by atoms with van der Waals surface area (Å²) in [6.07, 6.45) is 3.52. The molecule has 0 amide bonds. The lowest BCUT2D eigenvalue weighted by Gasteiger charge is -2.40. The van der Waals surface area contributed by atoms with Gasteiger partial charge in [0.2, 0.25) is 0 Å². The number of methoxy groups -OCH3 is 1. The third-order valence-electron chi connectivity index (χ3n) is 3.85. The van der Waals surface area contributed by atoms with Crippen molar-refractivity contribution in [3.05, 3.63) is 29.8 Å². The maximum Gasteiger partial charge on any atom is 0.118 e. The number of nitrogens with one attached hydrogen (secondary N) is 1. The minimum absolute atomic E-state index is 0.110. The molecule has 0 saturated carbocycles. The van der Waals surface area contributed by atoms with E-state index in [2.05, 4.69) is 24.4 Å². The van der Waals surface area contributed by atoms with Crippen LogP contribution in [-0.2, 0) is 4.74 Å². The molecule has 0 spiro atoms. The van der Waals surface area contributed by atoms with Crippen molar-refractivity contribution in [3.63, 3.8) is 0 Å².